The standard InChI is InChI=1S/C27H36N6O2/c1-27(2,3)35-26(34)31-16-13-22(14-17-31)32-19-15-23(29-32)25-28-24(21-10-7-11-21)30-33(25)18-12-20-8-5-4-6-9-20/h4-6,8-9,15,19,21-22H,7,10-14,16-18H2,1-3H3. The molecule has 0 spiro atoms. The second-order valence-corrected chi connectivity index (χ2v) is 10.8. The Labute approximate surface area is 207 Å². The predicted octanol–water partition coefficient (Wildman–Crippen LogP) is 5.22. The third-order valence-corrected chi connectivity index (χ3v) is 6.94. The molecule has 1 aliphatic carbocycles. The zero-order chi connectivity index (χ0) is 24.4. The van der Waals surface area contributed by atoms with Crippen LogP contribution in [0, 0.1) is 0 Å². The van der Waals surface area contributed by atoms with Gasteiger partial charge in [0.05, 0.1) is 6.04 Å². The van der Waals surface area contributed by atoms with Crippen molar-refractivity contribution in [1.29, 1.82) is 0 Å². The van der Waals surface area contributed by atoms with Crippen LogP contribution in [-0.4, -0.2) is 54.2 Å². The summed E-state index contributed by atoms with van der Waals surface area (Å²) in [4.78, 5) is 19.1. The van der Waals surface area contributed by atoms with E-state index >= 15 is 0 Å². The lowest BCUT2D eigenvalue weighted by Crippen LogP contribution is -2.42. The molecule has 1 saturated carbocycles. The first-order valence-electron chi connectivity index (χ1n) is 12.9. The van der Waals surface area contributed by atoms with Gasteiger partial charge in [-0.1, -0.05) is 36.8 Å². The first-order chi connectivity index (χ1) is 16.9. The summed E-state index contributed by atoms with van der Waals surface area (Å²) in [6.45, 7) is 7.83. The minimum Gasteiger partial charge on any atom is -0.444 e. The first-order valence-corrected chi connectivity index (χ1v) is 12.9. The van der Waals surface area contributed by atoms with Crippen LogP contribution in [0.15, 0.2) is 42.6 Å². The smallest absolute Gasteiger partial charge is 0.410 e. The molecule has 5 rings (SSSR count). The normalized spacial score (nSPS) is 17.4. The van der Waals surface area contributed by atoms with Crippen molar-refractivity contribution in [3.05, 3.63) is 54.0 Å². The molecule has 1 aromatic carbocycles. The van der Waals surface area contributed by atoms with E-state index in [0.717, 1.165) is 43.1 Å². The molecule has 1 aliphatic heterocycles. The SMILES string of the molecule is CC(C)(C)OC(=O)N1CCC(n2ccc(-c3nc(C4CCC4)nn3CCc3ccccc3)n2)CC1. The van der Waals surface area contributed by atoms with E-state index in [1.807, 2.05) is 48.5 Å². The maximum Gasteiger partial charge on any atom is 0.410 e. The van der Waals surface area contributed by atoms with Gasteiger partial charge in [-0.25, -0.2) is 14.5 Å². The van der Waals surface area contributed by atoms with Crippen molar-refractivity contribution < 1.29 is 9.53 Å². The molecule has 1 amide bonds. The molecule has 35 heavy (non-hydrogen) atoms. The van der Waals surface area contributed by atoms with E-state index in [1.165, 1.54) is 24.8 Å². The van der Waals surface area contributed by atoms with Gasteiger partial charge in [-0.15, -0.1) is 0 Å². The fourth-order valence-electron chi connectivity index (χ4n) is 4.72. The molecule has 2 aliphatic rings. The summed E-state index contributed by atoms with van der Waals surface area (Å²) in [5.74, 6) is 2.29. The summed E-state index contributed by atoms with van der Waals surface area (Å²) in [5.41, 5.74) is 1.69. The number of carbonyl (C=O) groups excluding carboxylic acids is 1. The highest BCUT2D eigenvalue weighted by atomic mass is 16.6. The molecule has 1 saturated heterocycles. The summed E-state index contributed by atoms with van der Waals surface area (Å²) >= 11 is 0. The number of likely N-dealkylation sites (tertiary alicyclic amines) is 1. The van der Waals surface area contributed by atoms with Gasteiger partial charge in [0.15, 0.2) is 11.6 Å². The zero-order valence-corrected chi connectivity index (χ0v) is 21.1. The topological polar surface area (TPSA) is 78.1 Å². The molecule has 8 heteroatoms. The van der Waals surface area contributed by atoms with Gasteiger partial charge < -0.3 is 9.64 Å². The number of rotatable bonds is 6. The molecular formula is C27H36N6O2. The second kappa shape index (κ2) is 9.84. The van der Waals surface area contributed by atoms with Gasteiger partial charge in [0.25, 0.3) is 0 Å². The van der Waals surface area contributed by atoms with Crippen molar-refractivity contribution >= 4 is 6.09 Å². The number of carbonyl (C=O) groups is 1. The van der Waals surface area contributed by atoms with E-state index in [-0.39, 0.29) is 12.1 Å². The summed E-state index contributed by atoms with van der Waals surface area (Å²) in [6, 6.07) is 12.8. The van der Waals surface area contributed by atoms with Crippen LogP contribution in [0.2, 0.25) is 0 Å². The summed E-state index contributed by atoms with van der Waals surface area (Å²) in [6.07, 6.45) is 8.04. The van der Waals surface area contributed by atoms with Gasteiger partial charge in [-0.2, -0.15) is 10.2 Å². The van der Waals surface area contributed by atoms with Crippen LogP contribution in [0.5, 0.6) is 0 Å². The summed E-state index contributed by atoms with van der Waals surface area (Å²) < 4.78 is 9.61. The van der Waals surface area contributed by atoms with Gasteiger partial charge in [-0.05, 0) is 64.5 Å². The van der Waals surface area contributed by atoms with Crippen molar-refractivity contribution in [2.24, 2.45) is 0 Å². The molecule has 0 unspecified atom stereocenters. The van der Waals surface area contributed by atoms with E-state index in [2.05, 4.69) is 24.3 Å². The van der Waals surface area contributed by atoms with Crippen LogP contribution in [0.1, 0.15) is 76.2 Å². The van der Waals surface area contributed by atoms with Gasteiger partial charge >= 0.3 is 6.09 Å². The van der Waals surface area contributed by atoms with Gasteiger partial charge in [0.2, 0.25) is 0 Å². The average Bonchev–Trinajstić information content (AvgIpc) is 3.44. The van der Waals surface area contributed by atoms with Crippen molar-refractivity contribution in [3.63, 3.8) is 0 Å². The number of hydrogen-bond acceptors (Lipinski definition) is 5. The number of hydrogen-bond donors (Lipinski definition) is 0. The van der Waals surface area contributed by atoms with Crippen LogP contribution in [0.3, 0.4) is 0 Å². The Morgan fingerprint density at radius 1 is 1.03 bits per heavy atom. The van der Waals surface area contributed by atoms with Crippen LogP contribution >= 0.6 is 0 Å². The highest BCUT2D eigenvalue weighted by Crippen LogP contribution is 2.35. The number of benzene rings is 1. The van der Waals surface area contributed by atoms with E-state index < -0.39 is 5.60 Å². The number of ether oxygens (including phenoxy) is 1. The Bertz CT molecular complexity index is 1130. The fraction of sp³-hybridized carbons (Fsp3) is 0.556. The predicted molar refractivity (Wildman–Crippen MR) is 134 cm³/mol. The van der Waals surface area contributed by atoms with Crippen LogP contribution in [-0.2, 0) is 17.7 Å². The Kier molecular flexibility index (Phi) is 6.62. The number of nitrogens with zero attached hydrogens (tertiary/aromatic N) is 6. The summed E-state index contributed by atoms with van der Waals surface area (Å²) in [5, 5.41) is 9.83. The molecule has 2 aromatic heterocycles. The van der Waals surface area contributed by atoms with Gasteiger partial charge in [0.1, 0.15) is 11.3 Å². The molecule has 0 N–H and O–H groups in total. The van der Waals surface area contributed by atoms with Crippen LogP contribution in [0.4, 0.5) is 4.79 Å². The molecule has 0 radical (unpaired) electrons. The quantitative estimate of drug-likeness (QED) is 0.487. The average molecular weight is 477 g/mol. The highest BCUT2D eigenvalue weighted by molar-refractivity contribution is 5.68. The third-order valence-electron chi connectivity index (χ3n) is 6.94. The lowest BCUT2D eigenvalue weighted by molar-refractivity contribution is 0.0185. The number of amides is 1. The Morgan fingerprint density at radius 2 is 1.77 bits per heavy atom. The molecule has 8 nitrogen and oxygen atoms in total. The number of piperidine rings is 1. The van der Waals surface area contributed by atoms with Gasteiger partial charge in [0, 0.05) is 31.7 Å². The molecule has 3 heterocycles. The first kappa shape index (κ1) is 23.6. The van der Waals surface area contributed by atoms with E-state index in [1.54, 1.807) is 4.90 Å². The monoisotopic (exact) mass is 476 g/mol. The third kappa shape index (κ3) is 5.57. The molecular weight excluding hydrogens is 440 g/mol. The fourth-order valence-corrected chi connectivity index (χ4v) is 4.72. The number of aromatic nitrogens is 5. The van der Waals surface area contributed by atoms with Crippen LogP contribution < -0.4 is 0 Å². The molecule has 2 fully saturated rings. The van der Waals surface area contributed by atoms with Crippen molar-refractivity contribution in [3.8, 4) is 11.5 Å². The lowest BCUT2D eigenvalue weighted by atomic mass is 9.85. The highest BCUT2D eigenvalue weighted by Gasteiger charge is 2.29. The largest absolute Gasteiger partial charge is 0.444 e. The number of aryl methyl sites for hydroxylation is 2. The minimum absolute atomic E-state index is 0.229. The molecule has 3 aromatic rings. The van der Waals surface area contributed by atoms with Crippen LogP contribution in [0.25, 0.3) is 11.5 Å². The Balaban J connectivity index is 1.28. The lowest BCUT2D eigenvalue weighted by Gasteiger charge is -2.33. The minimum atomic E-state index is -0.473. The van der Waals surface area contributed by atoms with E-state index in [4.69, 9.17) is 19.9 Å². The summed E-state index contributed by atoms with van der Waals surface area (Å²) in [7, 11) is 0. The maximum atomic E-state index is 12.4. The maximum absolute atomic E-state index is 12.4. The molecule has 0 bridgehead atoms. The van der Waals surface area contributed by atoms with Gasteiger partial charge in [-0.3, -0.25) is 4.68 Å². The van der Waals surface area contributed by atoms with Crippen molar-refractivity contribution in [1.82, 2.24) is 29.4 Å². The zero-order valence-electron chi connectivity index (χ0n) is 21.1. The molecule has 186 valence electrons. The van der Waals surface area contributed by atoms with Crippen molar-refractivity contribution in [2.75, 3.05) is 13.1 Å². The molecule has 0 atom stereocenters. The second-order valence-electron chi connectivity index (χ2n) is 10.8. The Morgan fingerprint density at radius 3 is 2.43 bits per heavy atom. The van der Waals surface area contributed by atoms with Crippen molar-refractivity contribution in [2.45, 2.75) is 83.4 Å². The van der Waals surface area contributed by atoms with E-state index in [9.17, 15) is 4.79 Å². The van der Waals surface area contributed by atoms with E-state index in [0.29, 0.717) is 19.0 Å². The Hall–Kier alpha value is -3.16.